The summed E-state index contributed by atoms with van der Waals surface area (Å²) in [6.45, 7) is 0. The fourth-order valence-electron chi connectivity index (χ4n) is 2.28. The first-order valence-corrected chi connectivity index (χ1v) is 6.73. The van der Waals surface area contributed by atoms with Crippen molar-refractivity contribution in [3.63, 3.8) is 0 Å². The van der Waals surface area contributed by atoms with Gasteiger partial charge in [0.1, 0.15) is 5.56 Å². The molecule has 1 aliphatic carbocycles. The molecule has 5 nitrogen and oxygen atoms in total. The fraction of sp³-hybridized carbons (Fsp3) is 0. The van der Waals surface area contributed by atoms with Crippen molar-refractivity contribution in [2.75, 3.05) is 0 Å². The molecule has 0 saturated carbocycles. The maximum absolute atomic E-state index is 12.3. The van der Waals surface area contributed by atoms with Gasteiger partial charge < -0.3 is 0 Å². The van der Waals surface area contributed by atoms with Crippen molar-refractivity contribution in [1.82, 2.24) is 0 Å². The monoisotopic (exact) mass is 303 g/mol. The van der Waals surface area contributed by atoms with Crippen LogP contribution in [0.4, 0.5) is 5.69 Å². The normalized spacial score (nSPS) is 12.8. The average Bonchev–Trinajstić information content (AvgIpc) is 2.57. The third-order valence-electron chi connectivity index (χ3n) is 3.39. The molecule has 110 valence electrons. The molecule has 2 aromatic rings. The minimum atomic E-state index is -0.540. The number of carbonyl (C=O) groups excluding carboxylic acids is 2. The van der Waals surface area contributed by atoms with Crippen molar-refractivity contribution in [3.8, 4) is 11.8 Å². The van der Waals surface area contributed by atoms with E-state index in [0.717, 1.165) is 0 Å². The van der Waals surface area contributed by atoms with Crippen LogP contribution in [0.5, 0.6) is 0 Å². The predicted molar refractivity (Wildman–Crippen MR) is 83.2 cm³/mol. The molecule has 23 heavy (non-hydrogen) atoms. The molecule has 0 fully saturated rings. The second-order valence-electron chi connectivity index (χ2n) is 4.82. The van der Waals surface area contributed by atoms with Crippen LogP contribution < -0.4 is 0 Å². The minimum Gasteiger partial charge on any atom is -0.289 e. The zero-order valence-corrected chi connectivity index (χ0v) is 11.8. The Labute approximate surface area is 131 Å². The molecule has 0 saturated heterocycles. The van der Waals surface area contributed by atoms with E-state index in [1.54, 1.807) is 30.3 Å². The molecule has 0 amide bonds. The summed E-state index contributed by atoms with van der Waals surface area (Å²) in [5.74, 6) is 4.55. The highest BCUT2D eigenvalue weighted by Gasteiger charge is 2.24. The highest BCUT2D eigenvalue weighted by atomic mass is 16.6. The van der Waals surface area contributed by atoms with Crippen molar-refractivity contribution in [3.05, 3.63) is 87.0 Å². The predicted octanol–water partition coefficient (Wildman–Crippen LogP) is 2.95. The van der Waals surface area contributed by atoms with Crippen LogP contribution in [0.3, 0.4) is 0 Å². The second-order valence-corrected chi connectivity index (χ2v) is 4.82. The van der Waals surface area contributed by atoms with Crippen molar-refractivity contribution in [2.45, 2.75) is 0 Å². The topological polar surface area (TPSA) is 77.3 Å². The number of rotatable bonds is 1. The van der Waals surface area contributed by atoms with Gasteiger partial charge in [-0.15, -0.1) is 0 Å². The van der Waals surface area contributed by atoms with E-state index < -0.39 is 4.92 Å². The number of fused-ring (bicyclic) bond motifs is 1. The van der Waals surface area contributed by atoms with Crippen molar-refractivity contribution >= 4 is 17.3 Å². The summed E-state index contributed by atoms with van der Waals surface area (Å²) in [4.78, 5) is 34.8. The van der Waals surface area contributed by atoms with E-state index in [1.165, 1.54) is 24.3 Å². The van der Waals surface area contributed by atoms with Gasteiger partial charge in [-0.25, -0.2) is 0 Å². The molecule has 5 heteroatoms. The zero-order chi connectivity index (χ0) is 16.4. The number of carbonyl (C=O) groups is 2. The van der Waals surface area contributed by atoms with Crippen molar-refractivity contribution < 1.29 is 14.5 Å². The summed E-state index contributed by atoms with van der Waals surface area (Å²) in [7, 11) is 0. The quantitative estimate of drug-likeness (QED) is 0.461. The number of ketones is 2. The number of para-hydroxylation sites is 1. The van der Waals surface area contributed by atoms with E-state index in [2.05, 4.69) is 11.8 Å². The van der Waals surface area contributed by atoms with Crippen molar-refractivity contribution in [2.24, 2.45) is 0 Å². The first-order valence-electron chi connectivity index (χ1n) is 6.73. The Morgan fingerprint density at radius 2 is 1.52 bits per heavy atom. The smallest absolute Gasteiger partial charge is 0.284 e. The second kappa shape index (κ2) is 5.70. The van der Waals surface area contributed by atoms with E-state index in [9.17, 15) is 19.7 Å². The van der Waals surface area contributed by atoms with E-state index in [0.29, 0.717) is 11.1 Å². The number of hydrogen-bond acceptors (Lipinski definition) is 4. The molecular formula is C18H9NO4. The Balaban J connectivity index is 2.02. The van der Waals surface area contributed by atoms with Crippen LogP contribution in [0.2, 0.25) is 0 Å². The molecule has 2 aromatic carbocycles. The number of nitro groups is 1. The van der Waals surface area contributed by atoms with Crippen LogP contribution in [-0.4, -0.2) is 16.5 Å². The van der Waals surface area contributed by atoms with Gasteiger partial charge in [0, 0.05) is 23.3 Å². The lowest BCUT2D eigenvalue weighted by atomic mass is 9.90. The fourth-order valence-corrected chi connectivity index (χ4v) is 2.28. The van der Waals surface area contributed by atoms with Crippen LogP contribution in [0.25, 0.3) is 0 Å². The van der Waals surface area contributed by atoms with Gasteiger partial charge in [-0.2, -0.15) is 0 Å². The number of hydrogen-bond donors (Lipinski definition) is 0. The van der Waals surface area contributed by atoms with E-state index in [-0.39, 0.29) is 28.4 Å². The Bertz CT molecular complexity index is 945. The van der Waals surface area contributed by atoms with Crippen LogP contribution >= 0.6 is 0 Å². The molecule has 0 radical (unpaired) electrons. The van der Waals surface area contributed by atoms with Gasteiger partial charge >= 0.3 is 0 Å². The van der Waals surface area contributed by atoms with E-state index in [1.807, 2.05) is 0 Å². The lowest BCUT2D eigenvalue weighted by molar-refractivity contribution is -0.385. The summed E-state index contributed by atoms with van der Waals surface area (Å²) in [6.07, 6.45) is 1.17. The summed E-state index contributed by atoms with van der Waals surface area (Å²) in [5, 5.41) is 11.0. The highest BCUT2D eigenvalue weighted by Crippen LogP contribution is 2.21. The first kappa shape index (κ1) is 14.4. The molecule has 0 N–H and O–H groups in total. The molecule has 0 unspecified atom stereocenters. The number of nitro benzene ring substituents is 1. The maximum atomic E-state index is 12.3. The van der Waals surface area contributed by atoms with Gasteiger partial charge in [-0.05, 0) is 6.07 Å². The van der Waals surface area contributed by atoms with Crippen LogP contribution in [0, 0.1) is 22.0 Å². The van der Waals surface area contributed by atoms with Crippen molar-refractivity contribution in [1.29, 1.82) is 0 Å². The van der Waals surface area contributed by atoms with Crippen LogP contribution in [0.15, 0.2) is 60.2 Å². The lowest BCUT2D eigenvalue weighted by Gasteiger charge is -2.10. The van der Waals surface area contributed by atoms with E-state index >= 15 is 0 Å². The Morgan fingerprint density at radius 3 is 2.26 bits per heavy atom. The summed E-state index contributed by atoms with van der Waals surface area (Å²) >= 11 is 0. The standard InChI is InChI=1S/C18H9NO4/c20-17-11-13(18(21)15-7-3-2-6-14(15)17)10-9-12-5-1-4-8-16(12)19(22)23/h1-8,11H. The Kier molecular flexibility index (Phi) is 3.57. The molecule has 0 atom stereocenters. The van der Waals surface area contributed by atoms with Gasteiger partial charge in [0.25, 0.3) is 5.69 Å². The first-order chi connectivity index (χ1) is 11.1. The number of benzene rings is 2. The highest BCUT2D eigenvalue weighted by molar-refractivity contribution is 6.26. The Hall–Kier alpha value is -3.52. The number of Topliss-reactive ketones (excluding diaryl/α,β-unsaturated/α-hetero) is 1. The third-order valence-corrected chi connectivity index (χ3v) is 3.39. The molecule has 1 aliphatic rings. The SMILES string of the molecule is O=C1C=C(C#Cc2ccccc2[N+](=O)[O-])C(=O)c2ccccc21. The molecule has 0 bridgehead atoms. The van der Waals surface area contributed by atoms with Crippen LogP contribution in [0.1, 0.15) is 26.3 Å². The minimum absolute atomic E-state index is 0.0341. The Morgan fingerprint density at radius 1 is 0.870 bits per heavy atom. The lowest BCUT2D eigenvalue weighted by Crippen LogP contribution is -2.15. The molecule has 0 aromatic heterocycles. The zero-order valence-electron chi connectivity index (χ0n) is 11.8. The number of nitrogens with zero attached hydrogens (tertiary/aromatic N) is 1. The van der Waals surface area contributed by atoms with Gasteiger partial charge in [0.15, 0.2) is 5.78 Å². The summed E-state index contributed by atoms with van der Waals surface area (Å²) in [5.41, 5.74) is 0.723. The maximum Gasteiger partial charge on any atom is 0.284 e. The summed E-state index contributed by atoms with van der Waals surface area (Å²) in [6, 6.07) is 12.5. The largest absolute Gasteiger partial charge is 0.289 e. The third kappa shape index (κ3) is 2.65. The van der Waals surface area contributed by atoms with Gasteiger partial charge in [-0.1, -0.05) is 48.2 Å². The molecule has 3 rings (SSSR count). The molecule has 0 heterocycles. The van der Waals surface area contributed by atoms with Gasteiger partial charge in [0.05, 0.1) is 10.5 Å². The molecule has 0 aliphatic heterocycles. The van der Waals surface area contributed by atoms with Gasteiger partial charge in [-0.3, -0.25) is 19.7 Å². The number of allylic oxidation sites excluding steroid dienone is 2. The average molecular weight is 303 g/mol. The molecule has 0 spiro atoms. The summed E-state index contributed by atoms with van der Waals surface area (Å²) < 4.78 is 0. The van der Waals surface area contributed by atoms with Gasteiger partial charge in [0.2, 0.25) is 5.78 Å². The molecular weight excluding hydrogens is 294 g/mol. The van der Waals surface area contributed by atoms with E-state index in [4.69, 9.17) is 0 Å². The van der Waals surface area contributed by atoms with Crippen LogP contribution in [-0.2, 0) is 0 Å².